The van der Waals surface area contributed by atoms with E-state index in [2.05, 4.69) is 59.2 Å². The summed E-state index contributed by atoms with van der Waals surface area (Å²) in [6.45, 7) is 8.83. The summed E-state index contributed by atoms with van der Waals surface area (Å²) in [5.41, 5.74) is 1.37. The van der Waals surface area contributed by atoms with Gasteiger partial charge in [-0.1, -0.05) is 13.8 Å². The summed E-state index contributed by atoms with van der Waals surface area (Å²) in [5.74, 6) is 1.13. The van der Waals surface area contributed by atoms with Gasteiger partial charge in [-0.2, -0.15) is 21.7 Å². The summed E-state index contributed by atoms with van der Waals surface area (Å²) < 4.78 is 0.0637. The van der Waals surface area contributed by atoms with E-state index in [1.54, 1.807) is 6.33 Å². The summed E-state index contributed by atoms with van der Waals surface area (Å²) in [7, 11) is 0. The van der Waals surface area contributed by atoms with E-state index in [0.29, 0.717) is 17.4 Å². The van der Waals surface area contributed by atoms with Crippen molar-refractivity contribution in [3.8, 4) is 0 Å². The fourth-order valence-corrected chi connectivity index (χ4v) is 3.08. The second kappa shape index (κ2) is 5.77. The van der Waals surface area contributed by atoms with Gasteiger partial charge in [0.15, 0.2) is 11.5 Å². The number of imidazole rings is 1. The first-order chi connectivity index (χ1) is 9.35. The highest BCUT2D eigenvalue weighted by Gasteiger charge is 2.32. The van der Waals surface area contributed by atoms with Gasteiger partial charge in [0.1, 0.15) is 5.52 Å². The molecule has 2 rings (SSSR count). The Labute approximate surface area is 128 Å². The number of fused-ring (bicyclic) bond motifs is 1. The highest BCUT2D eigenvalue weighted by Crippen LogP contribution is 2.33. The number of nitrogens with zero attached hydrogens (tertiary/aromatic N) is 3. The largest absolute Gasteiger partial charge is 0.364 e. The first-order valence-corrected chi connectivity index (χ1v) is 8.13. The van der Waals surface area contributed by atoms with Crippen molar-refractivity contribution in [2.24, 2.45) is 5.92 Å². The normalized spacial score (nSPS) is 13.9. The number of anilines is 1. The van der Waals surface area contributed by atoms with Gasteiger partial charge in [0.2, 0.25) is 5.28 Å². The maximum absolute atomic E-state index is 5.98. The van der Waals surface area contributed by atoms with E-state index in [4.69, 9.17) is 11.6 Å². The molecule has 0 aliphatic rings. The van der Waals surface area contributed by atoms with Crippen LogP contribution in [0.25, 0.3) is 11.2 Å². The molecule has 2 heterocycles. The van der Waals surface area contributed by atoms with Crippen LogP contribution in [0.1, 0.15) is 27.7 Å². The number of halogens is 1. The molecule has 1 atom stereocenters. The average Bonchev–Trinajstić information content (AvgIpc) is 2.82. The van der Waals surface area contributed by atoms with Gasteiger partial charge in [0, 0.05) is 10.8 Å². The molecule has 0 radical (unpaired) electrons. The Bertz CT molecular complexity index is 595. The van der Waals surface area contributed by atoms with Gasteiger partial charge in [-0.3, -0.25) is 0 Å². The van der Waals surface area contributed by atoms with Crippen LogP contribution in [0.15, 0.2) is 6.33 Å². The lowest BCUT2D eigenvalue weighted by Gasteiger charge is -2.36. The lowest BCUT2D eigenvalue weighted by atomic mass is 9.92. The Morgan fingerprint density at radius 3 is 2.65 bits per heavy atom. The van der Waals surface area contributed by atoms with Gasteiger partial charge in [0.25, 0.3) is 0 Å². The lowest BCUT2D eigenvalue weighted by Crippen LogP contribution is -2.43. The monoisotopic (exact) mass is 313 g/mol. The van der Waals surface area contributed by atoms with Crippen LogP contribution in [0.4, 0.5) is 5.82 Å². The molecule has 2 N–H and O–H groups in total. The van der Waals surface area contributed by atoms with Crippen LogP contribution in [0, 0.1) is 5.92 Å². The minimum atomic E-state index is 0.0637. The molecule has 0 fully saturated rings. The molecule has 2 aromatic rings. The van der Waals surface area contributed by atoms with Crippen molar-refractivity contribution in [3.63, 3.8) is 0 Å². The molecule has 0 aromatic carbocycles. The van der Waals surface area contributed by atoms with Crippen LogP contribution in [0.5, 0.6) is 0 Å². The molecular weight excluding hydrogens is 294 g/mol. The Kier molecular flexibility index (Phi) is 4.44. The van der Waals surface area contributed by atoms with Gasteiger partial charge in [-0.25, -0.2) is 4.98 Å². The number of aromatic amines is 1. The lowest BCUT2D eigenvalue weighted by molar-refractivity contribution is 0.444. The summed E-state index contributed by atoms with van der Waals surface area (Å²) in [4.78, 5) is 15.7. The number of aromatic nitrogens is 4. The van der Waals surface area contributed by atoms with E-state index in [9.17, 15) is 0 Å². The first-order valence-electron chi connectivity index (χ1n) is 6.53. The van der Waals surface area contributed by atoms with Gasteiger partial charge in [-0.15, -0.1) is 0 Å². The minimum absolute atomic E-state index is 0.0637. The van der Waals surface area contributed by atoms with Crippen LogP contribution in [0.2, 0.25) is 5.28 Å². The number of hydrogen-bond acceptors (Lipinski definition) is 5. The molecule has 0 aliphatic carbocycles. The minimum Gasteiger partial charge on any atom is -0.364 e. The zero-order chi connectivity index (χ0) is 14.9. The molecule has 0 unspecified atom stereocenters. The SMILES string of the molecule is CSC(C)(C)[C@H](Nc1nc(Cl)nc2[nH]cnc12)C(C)C. The van der Waals surface area contributed by atoms with Crippen molar-refractivity contribution in [1.82, 2.24) is 19.9 Å². The topological polar surface area (TPSA) is 66.5 Å². The van der Waals surface area contributed by atoms with E-state index < -0.39 is 0 Å². The molecule has 5 nitrogen and oxygen atoms in total. The van der Waals surface area contributed by atoms with E-state index >= 15 is 0 Å². The first kappa shape index (κ1) is 15.4. The number of H-pyrrole nitrogens is 1. The zero-order valence-corrected chi connectivity index (χ0v) is 13.9. The molecule has 0 bridgehead atoms. The number of nitrogens with one attached hydrogen (secondary N) is 2. The van der Waals surface area contributed by atoms with Crippen LogP contribution in [-0.2, 0) is 0 Å². The highest BCUT2D eigenvalue weighted by molar-refractivity contribution is 8.00. The Morgan fingerprint density at radius 2 is 2.05 bits per heavy atom. The molecule has 20 heavy (non-hydrogen) atoms. The molecule has 0 amide bonds. The number of rotatable bonds is 5. The smallest absolute Gasteiger partial charge is 0.226 e. The number of hydrogen-bond donors (Lipinski definition) is 2. The van der Waals surface area contributed by atoms with Crippen LogP contribution >= 0.6 is 23.4 Å². The molecule has 0 aliphatic heterocycles. The van der Waals surface area contributed by atoms with E-state index in [0.717, 1.165) is 5.52 Å². The Balaban J connectivity index is 2.41. The Morgan fingerprint density at radius 1 is 1.35 bits per heavy atom. The van der Waals surface area contributed by atoms with Crippen LogP contribution in [-0.4, -0.2) is 37.0 Å². The van der Waals surface area contributed by atoms with Gasteiger partial charge < -0.3 is 10.3 Å². The third kappa shape index (κ3) is 3.01. The fourth-order valence-electron chi connectivity index (χ4n) is 2.33. The van der Waals surface area contributed by atoms with Gasteiger partial charge >= 0.3 is 0 Å². The summed E-state index contributed by atoms with van der Waals surface area (Å²) in [5, 5.41) is 3.72. The van der Waals surface area contributed by atoms with E-state index in [1.807, 2.05) is 11.8 Å². The molecule has 2 aromatic heterocycles. The molecule has 110 valence electrons. The maximum atomic E-state index is 5.98. The highest BCUT2D eigenvalue weighted by atomic mass is 35.5. The van der Waals surface area contributed by atoms with E-state index in [-0.39, 0.29) is 16.1 Å². The molecule has 7 heteroatoms. The standard InChI is InChI=1S/C13H20ClN5S/c1-7(2)9(13(3,4)20-5)17-11-8-10(16-6-15-8)18-12(14)19-11/h6-7,9H,1-5H3,(H2,15,16,17,18,19)/t9-/m1/s1. The molecule has 0 saturated heterocycles. The van der Waals surface area contributed by atoms with E-state index in [1.165, 1.54) is 0 Å². The van der Waals surface area contributed by atoms with Crippen LogP contribution < -0.4 is 5.32 Å². The fraction of sp³-hybridized carbons (Fsp3) is 0.615. The zero-order valence-electron chi connectivity index (χ0n) is 12.4. The third-order valence-electron chi connectivity index (χ3n) is 3.49. The van der Waals surface area contributed by atoms with Crippen molar-refractivity contribution in [2.45, 2.75) is 38.5 Å². The van der Waals surface area contributed by atoms with Gasteiger partial charge in [-0.05, 0) is 37.6 Å². The average molecular weight is 314 g/mol. The van der Waals surface area contributed by atoms with Crippen molar-refractivity contribution in [3.05, 3.63) is 11.6 Å². The van der Waals surface area contributed by atoms with Crippen molar-refractivity contribution in [1.29, 1.82) is 0 Å². The predicted octanol–water partition coefficient (Wildman–Crippen LogP) is 3.58. The molecule has 0 saturated carbocycles. The van der Waals surface area contributed by atoms with Crippen molar-refractivity contribution in [2.75, 3.05) is 11.6 Å². The van der Waals surface area contributed by atoms with Crippen LogP contribution in [0.3, 0.4) is 0 Å². The molecule has 0 spiro atoms. The quantitative estimate of drug-likeness (QED) is 0.826. The van der Waals surface area contributed by atoms with Gasteiger partial charge in [0.05, 0.1) is 6.33 Å². The third-order valence-corrected chi connectivity index (χ3v) is 4.96. The van der Waals surface area contributed by atoms with Crippen molar-refractivity contribution < 1.29 is 0 Å². The number of thioether (sulfide) groups is 1. The summed E-state index contributed by atoms with van der Waals surface area (Å²) in [6.07, 6.45) is 3.72. The predicted molar refractivity (Wildman–Crippen MR) is 86.5 cm³/mol. The van der Waals surface area contributed by atoms with Crippen molar-refractivity contribution >= 4 is 40.3 Å². The second-order valence-electron chi connectivity index (χ2n) is 5.61. The maximum Gasteiger partial charge on any atom is 0.226 e. The second-order valence-corrected chi connectivity index (χ2v) is 7.41. The summed E-state index contributed by atoms with van der Waals surface area (Å²) in [6, 6.07) is 0.239. The Hall–Kier alpha value is -1.01. The molecular formula is C13H20ClN5S. The summed E-state index contributed by atoms with van der Waals surface area (Å²) >= 11 is 7.80.